The predicted octanol–water partition coefficient (Wildman–Crippen LogP) is 2.58. The summed E-state index contributed by atoms with van der Waals surface area (Å²) in [4.78, 5) is 11.7. The average Bonchev–Trinajstić information content (AvgIpc) is 2.62. The maximum Gasteiger partial charge on any atom is 0.276 e. The van der Waals surface area contributed by atoms with E-state index in [1.54, 1.807) is 12.1 Å². The zero-order valence-electron chi connectivity index (χ0n) is 13.7. The van der Waals surface area contributed by atoms with Gasteiger partial charge < -0.3 is 9.47 Å². The number of hydrogen-bond donors (Lipinski definition) is 1. The van der Waals surface area contributed by atoms with Crippen molar-refractivity contribution in [3.8, 4) is 11.5 Å². The fourth-order valence-electron chi connectivity index (χ4n) is 1.99. The first kappa shape index (κ1) is 19.5. The van der Waals surface area contributed by atoms with Gasteiger partial charge in [-0.3, -0.25) is 10.1 Å². The third kappa shape index (κ3) is 4.21. The molecule has 0 saturated carbocycles. The predicted molar refractivity (Wildman–Crippen MR) is 95.6 cm³/mol. The SMILES string of the molecule is COc1ccc(/C=N/NS(=O)(=O)c2cccc([N+](=O)[O-])c2)c(Cl)c1OC. The Hall–Kier alpha value is -2.85. The molecule has 11 heteroatoms. The van der Waals surface area contributed by atoms with Crippen molar-refractivity contribution in [2.75, 3.05) is 14.2 Å². The third-order valence-electron chi connectivity index (χ3n) is 3.23. The maximum atomic E-state index is 12.2. The number of hydrazone groups is 1. The standard InChI is InChI=1S/C15H14ClN3O6S/c1-24-13-7-6-10(14(16)15(13)25-2)9-17-18-26(22,23)12-5-3-4-11(8-12)19(20)21/h3-9,18H,1-2H3/b17-9+. The molecular weight excluding hydrogens is 386 g/mol. The summed E-state index contributed by atoms with van der Waals surface area (Å²) in [6.45, 7) is 0. The second kappa shape index (κ2) is 8.02. The van der Waals surface area contributed by atoms with Crippen LogP contribution in [0.2, 0.25) is 5.02 Å². The molecule has 0 radical (unpaired) electrons. The van der Waals surface area contributed by atoms with E-state index in [1.807, 2.05) is 4.83 Å². The fourth-order valence-corrected chi connectivity index (χ4v) is 3.10. The lowest BCUT2D eigenvalue weighted by Crippen LogP contribution is -2.18. The normalized spacial score (nSPS) is 11.3. The minimum Gasteiger partial charge on any atom is -0.493 e. The van der Waals surface area contributed by atoms with E-state index in [-0.39, 0.29) is 21.4 Å². The number of ether oxygens (including phenoxy) is 2. The summed E-state index contributed by atoms with van der Waals surface area (Å²) in [6.07, 6.45) is 1.18. The molecule has 0 unspecified atom stereocenters. The lowest BCUT2D eigenvalue weighted by atomic mass is 10.2. The topological polar surface area (TPSA) is 120 Å². The third-order valence-corrected chi connectivity index (χ3v) is 4.84. The van der Waals surface area contributed by atoms with Crippen LogP contribution in [0.3, 0.4) is 0 Å². The molecule has 0 aliphatic rings. The van der Waals surface area contributed by atoms with Gasteiger partial charge in [0.05, 0.1) is 35.3 Å². The van der Waals surface area contributed by atoms with Crippen molar-refractivity contribution >= 4 is 33.5 Å². The lowest BCUT2D eigenvalue weighted by Gasteiger charge is -2.10. The van der Waals surface area contributed by atoms with Gasteiger partial charge in [0, 0.05) is 17.7 Å². The van der Waals surface area contributed by atoms with Gasteiger partial charge in [-0.2, -0.15) is 13.5 Å². The molecule has 2 rings (SSSR count). The average molecular weight is 400 g/mol. The molecule has 2 aromatic rings. The second-order valence-electron chi connectivity index (χ2n) is 4.81. The summed E-state index contributed by atoms with van der Waals surface area (Å²) in [6, 6.07) is 7.75. The van der Waals surface area contributed by atoms with E-state index in [0.29, 0.717) is 11.3 Å². The van der Waals surface area contributed by atoms with E-state index in [1.165, 1.54) is 38.6 Å². The number of nitro groups is 1. The molecule has 1 N–H and O–H groups in total. The Balaban J connectivity index is 2.25. The van der Waals surface area contributed by atoms with E-state index in [0.717, 1.165) is 6.07 Å². The van der Waals surface area contributed by atoms with Crippen LogP contribution in [-0.2, 0) is 10.0 Å². The zero-order chi connectivity index (χ0) is 19.3. The summed E-state index contributed by atoms with van der Waals surface area (Å²) >= 11 is 6.17. The summed E-state index contributed by atoms with van der Waals surface area (Å²) < 4.78 is 34.6. The summed E-state index contributed by atoms with van der Waals surface area (Å²) in [5.41, 5.74) is 0.0332. The summed E-state index contributed by atoms with van der Waals surface area (Å²) in [7, 11) is -1.21. The Morgan fingerprint density at radius 2 is 1.96 bits per heavy atom. The van der Waals surface area contributed by atoms with Crippen molar-refractivity contribution < 1.29 is 22.8 Å². The first-order valence-electron chi connectivity index (χ1n) is 7.00. The van der Waals surface area contributed by atoms with E-state index in [4.69, 9.17) is 21.1 Å². The Kier molecular flexibility index (Phi) is 6.01. The number of hydrogen-bond acceptors (Lipinski definition) is 7. The van der Waals surface area contributed by atoms with Gasteiger partial charge in [0.1, 0.15) is 0 Å². The Morgan fingerprint density at radius 1 is 1.23 bits per heavy atom. The first-order valence-corrected chi connectivity index (χ1v) is 8.86. The highest BCUT2D eigenvalue weighted by molar-refractivity contribution is 7.89. The summed E-state index contributed by atoms with van der Waals surface area (Å²) in [5.74, 6) is 0.687. The molecule has 0 amide bonds. The first-order chi connectivity index (χ1) is 12.3. The molecule has 0 fully saturated rings. The van der Waals surface area contributed by atoms with Crippen molar-refractivity contribution in [1.82, 2.24) is 4.83 Å². The van der Waals surface area contributed by atoms with Gasteiger partial charge in [0.2, 0.25) is 0 Å². The number of benzene rings is 2. The molecule has 0 saturated heterocycles. The van der Waals surface area contributed by atoms with Crippen molar-refractivity contribution in [2.24, 2.45) is 5.10 Å². The number of nitrogens with one attached hydrogen (secondary N) is 1. The van der Waals surface area contributed by atoms with Crippen LogP contribution in [0.4, 0.5) is 5.69 Å². The molecule has 0 aliphatic heterocycles. The number of methoxy groups -OCH3 is 2. The van der Waals surface area contributed by atoms with Crippen molar-refractivity contribution in [3.63, 3.8) is 0 Å². The maximum absolute atomic E-state index is 12.2. The second-order valence-corrected chi connectivity index (χ2v) is 6.85. The van der Waals surface area contributed by atoms with Crippen LogP contribution in [-0.4, -0.2) is 33.8 Å². The number of non-ortho nitro benzene ring substituents is 1. The Morgan fingerprint density at radius 3 is 2.58 bits per heavy atom. The van der Waals surface area contributed by atoms with Gasteiger partial charge in [0.25, 0.3) is 15.7 Å². The molecule has 0 spiro atoms. The highest BCUT2D eigenvalue weighted by atomic mass is 35.5. The smallest absolute Gasteiger partial charge is 0.276 e. The molecule has 0 heterocycles. The number of rotatable bonds is 7. The minimum absolute atomic E-state index is 0.185. The van der Waals surface area contributed by atoms with Crippen molar-refractivity contribution in [3.05, 3.63) is 57.1 Å². The highest BCUT2D eigenvalue weighted by Gasteiger charge is 2.17. The van der Waals surface area contributed by atoms with Crippen molar-refractivity contribution in [2.45, 2.75) is 4.90 Å². The van der Waals surface area contributed by atoms with Crippen LogP contribution in [0.25, 0.3) is 0 Å². The van der Waals surface area contributed by atoms with E-state index in [9.17, 15) is 18.5 Å². The van der Waals surface area contributed by atoms with Crippen LogP contribution >= 0.6 is 11.6 Å². The number of nitro benzene ring substituents is 1. The molecular formula is C15H14ClN3O6S. The molecule has 0 bridgehead atoms. The van der Waals surface area contributed by atoms with Crippen LogP contribution in [0.1, 0.15) is 5.56 Å². The van der Waals surface area contributed by atoms with Crippen LogP contribution in [0.15, 0.2) is 46.4 Å². The monoisotopic (exact) mass is 399 g/mol. The van der Waals surface area contributed by atoms with Crippen molar-refractivity contribution in [1.29, 1.82) is 0 Å². The molecule has 0 aromatic heterocycles. The number of sulfonamides is 1. The molecule has 2 aromatic carbocycles. The fraction of sp³-hybridized carbons (Fsp3) is 0.133. The molecule has 138 valence electrons. The minimum atomic E-state index is -4.08. The molecule has 26 heavy (non-hydrogen) atoms. The molecule has 0 atom stereocenters. The largest absolute Gasteiger partial charge is 0.493 e. The van der Waals surface area contributed by atoms with Gasteiger partial charge in [-0.15, -0.1) is 0 Å². The van der Waals surface area contributed by atoms with E-state index >= 15 is 0 Å². The highest BCUT2D eigenvalue weighted by Crippen LogP contribution is 2.36. The van der Waals surface area contributed by atoms with Crippen LogP contribution < -0.4 is 14.3 Å². The van der Waals surface area contributed by atoms with Crippen LogP contribution in [0, 0.1) is 10.1 Å². The molecule has 0 aliphatic carbocycles. The van der Waals surface area contributed by atoms with Gasteiger partial charge >= 0.3 is 0 Å². The van der Waals surface area contributed by atoms with Gasteiger partial charge in [-0.25, -0.2) is 4.83 Å². The van der Waals surface area contributed by atoms with Gasteiger partial charge in [0.15, 0.2) is 11.5 Å². The van der Waals surface area contributed by atoms with Crippen LogP contribution in [0.5, 0.6) is 11.5 Å². The van der Waals surface area contributed by atoms with Gasteiger partial charge in [-0.1, -0.05) is 17.7 Å². The zero-order valence-corrected chi connectivity index (χ0v) is 15.2. The number of nitrogens with zero attached hydrogens (tertiary/aromatic N) is 2. The van der Waals surface area contributed by atoms with E-state index < -0.39 is 14.9 Å². The lowest BCUT2D eigenvalue weighted by molar-refractivity contribution is -0.385. The number of halogens is 1. The van der Waals surface area contributed by atoms with E-state index in [2.05, 4.69) is 5.10 Å². The van der Waals surface area contributed by atoms with Gasteiger partial charge in [-0.05, 0) is 18.2 Å². The Labute approximate surface area is 154 Å². The summed E-state index contributed by atoms with van der Waals surface area (Å²) in [5, 5.41) is 14.6. The Bertz CT molecular complexity index is 962. The quantitative estimate of drug-likeness (QED) is 0.434. The molecule has 9 nitrogen and oxygen atoms in total.